The highest BCUT2D eigenvalue weighted by molar-refractivity contribution is 8.00. The quantitative estimate of drug-likeness (QED) is 0.661. The molecule has 0 fully saturated rings. The molecule has 3 aromatic rings. The molecule has 1 aliphatic heterocycles. The summed E-state index contributed by atoms with van der Waals surface area (Å²) in [5, 5.41) is 19.6. The molecular formula is C19H19N3O4S2. The van der Waals surface area contributed by atoms with Gasteiger partial charge in [-0.2, -0.15) is 5.10 Å². The van der Waals surface area contributed by atoms with Crippen LogP contribution in [0.1, 0.15) is 21.3 Å². The number of hydrogen-bond donors (Lipinski definition) is 2. The van der Waals surface area contributed by atoms with E-state index in [1.165, 1.54) is 26.0 Å². The number of phenols is 1. The number of aromatic nitrogens is 2. The van der Waals surface area contributed by atoms with Crippen molar-refractivity contribution in [2.45, 2.75) is 11.8 Å². The van der Waals surface area contributed by atoms with Gasteiger partial charge in [0.05, 0.1) is 38.0 Å². The Labute approximate surface area is 170 Å². The second-order valence-electron chi connectivity index (χ2n) is 6.20. The Bertz CT molecular complexity index is 976. The van der Waals surface area contributed by atoms with Crippen LogP contribution in [0, 0.1) is 0 Å². The minimum atomic E-state index is -0.158. The van der Waals surface area contributed by atoms with E-state index in [2.05, 4.69) is 10.4 Å². The number of nitrogens with zero attached hydrogens (tertiary/aromatic N) is 2. The van der Waals surface area contributed by atoms with E-state index in [9.17, 15) is 9.90 Å². The van der Waals surface area contributed by atoms with Gasteiger partial charge in [0, 0.05) is 10.4 Å². The zero-order valence-corrected chi connectivity index (χ0v) is 17.0. The number of hydrogen-bond acceptors (Lipinski definition) is 7. The molecular weight excluding hydrogens is 398 g/mol. The van der Waals surface area contributed by atoms with Crippen molar-refractivity contribution in [3.8, 4) is 17.2 Å². The number of ether oxygens (including phenoxy) is 2. The lowest BCUT2D eigenvalue weighted by atomic mass is 10.0. The zero-order valence-electron chi connectivity index (χ0n) is 15.3. The molecule has 1 atom stereocenters. The van der Waals surface area contributed by atoms with E-state index in [4.69, 9.17) is 9.47 Å². The summed E-state index contributed by atoms with van der Waals surface area (Å²) >= 11 is 3.14. The van der Waals surface area contributed by atoms with E-state index < -0.39 is 0 Å². The zero-order chi connectivity index (χ0) is 19.7. The summed E-state index contributed by atoms with van der Waals surface area (Å²) in [6, 6.07) is 7.57. The molecule has 0 saturated heterocycles. The van der Waals surface area contributed by atoms with Crippen LogP contribution in [0.15, 0.2) is 35.8 Å². The largest absolute Gasteiger partial charge is 0.502 e. The standard InChI is InChI=1S/C19H19N3O4S2/c1-25-14-6-11(7-15(26-2)17(14)24)18-13-8-20-22(9-12-4-3-5-27-12)19(13)21-16(23)10-28-18/h3-8,18,24H,9-10H2,1-2H3,(H,21,23)/t18-/m0/s1. The first-order valence-electron chi connectivity index (χ1n) is 8.55. The first kappa shape index (κ1) is 18.7. The lowest BCUT2D eigenvalue weighted by Crippen LogP contribution is -2.16. The summed E-state index contributed by atoms with van der Waals surface area (Å²) in [7, 11) is 2.99. The number of amides is 1. The first-order valence-corrected chi connectivity index (χ1v) is 10.5. The topological polar surface area (TPSA) is 85.6 Å². The lowest BCUT2D eigenvalue weighted by Gasteiger charge is -2.17. The number of aromatic hydroxyl groups is 1. The Morgan fingerprint density at radius 1 is 1.32 bits per heavy atom. The first-order chi connectivity index (χ1) is 13.6. The van der Waals surface area contributed by atoms with Crippen LogP contribution in [0.25, 0.3) is 0 Å². The molecule has 1 aliphatic rings. The van der Waals surface area contributed by atoms with Gasteiger partial charge in [0.15, 0.2) is 11.5 Å². The molecule has 28 heavy (non-hydrogen) atoms. The number of thiophene rings is 1. The van der Waals surface area contributed by atoms with Crippen LogP contribution in [-0.2, 0) is 11.3 Å². The van der Waals surface area contributed by atoms with Gasteiger partial charge in [-0.15, -0.1) is 23.1 Å². The van der Waals surface area contributed by atoms with Crippen molar-refractivity contribution < 1.29 is 19.4 Å². The summed E-state index contributed by atoms with van der Waals surface area (Å²) in [4.78, 5) is 13.5. The Morgan fingerprint density at radius 2 is 2.07 bits per heavy atom. The molecule has 0 radical (unpaired) electrons. The van der Waals surface area contributed by atoms with Crippen molar-refractivity contribution in [2.24, 2.45) is 0 Å². The van der Waals surface area contributed by atoms with E-state index in [0.717, 1.165) is 16.0 Å². The van der Waals surface area contributed by atoms with Gasteiger partial charge >= 0.3 is 0 Å². The Kier molecular flexibility index (Phi) is 5.19. The van der Waals surface area contributed by atoms with Crippen LogP contribution in [0.5, 0.6) is 17.2 Å². The number of carbonyl (C=O) groups excluding carboxylic acids is 1. The van der Waals surface area contributed by atoms with Gasteiger partial charge in [-0.1, -0.05) is 6.07 Å². The molecule has 0 bridgehead atoms. The predicted molar refractivity (Wildman–Crippen MR) is 110 cm³/mol. The maximum absolute atomic E-state index is 12.3. The Balaban J connectivity index is 1.78. The van der Waals surface area contributed by atoms with Crippen LogP contribution in [0.3, 0.4) is 0 Å². The number of carbonyl (C=O) groups is 1. The van der Waals surface area contributed by atoms with Gasteiger partial charge in [-0.05, 0) is 29.1 Å². The van der Waals surface area contributed by atoms with E-state index in [1.54, 1.807) is 29.7 Å². The van der Waals surface area contributed by atoms with Crippen LogP contribution < -0.4 is 14.8 Å². The van der Waals surface area contributed by atoms with Crippen LogP contribution in [0.4, 0.5) is 5.82 Å². The van der Waals surface area contributed by atoms with Gasteiger partial charge in [-0.3, -0.25) is 4.79 Å². The molecule has 146 valence electrons. The predicted octanol–water partition coefficient (Wildman–Crippen LogP) is 3.49. The number of benzene rings is 1. The van der Waals surface area contributed by atoms with Crippen molar-refractivity contribution >= 4 is 34.8 Å². The highest BCUT2D eigenvalue weighted by atomic mass is 32.2. The monoisotopic (exact) mass is 417 g/mol. The van der Waals surface area contributed by atoms with Crippen molar-refractivity contribution in [1.82, 2.24) is 9.78 Å². The highest BCUT2D eigenvalue weighted by Gasteiger charge is 2.29. The molecule has 0 spiro atoms. The van der Waals surface area contributed by atoms with Crippen LogP contribution >= 0.6 is 23.1 Å². The molecule has 9 heteroatoms. The number of methoxy groups -OCH3 is 2. The second-order valence-corrected chi connectivity index (χ2v) is 8.32. The van der Waals surface area contributed by atoms with E-state index in [-0.39, 0.29) is 16.9 Å². The number of fused-ring (bicyclic) bond motifs is 1. The smallest absolute Gasteiger partial charge is 0.235 e. The lowest BCUT2D eigenvalue weighted by molar-refractivity contribution is -0.113. The van der Waals surface area contributed by atoms with Gasteiger partial charge in [0.2, 0.25) is 11.7 Å². The van der Waals surface area contributed by atoms with E-state index >= 15 is 0 Å². The summed E-state index contributed by atoms with van der Waals surface area (Å²) in [5.74, 6) is 1.54. The van der Waals surface area contributed by atoms with E-state index in [0.29, 0.717) is 29.6 Å². The third-order valence-electron chi connectivity index (χ3n) is 4.48. The molecule has 3 heterocycles. The van der Waals surface area contributed by atoms with Gasteiger partial charge in [0.1, 0.15) is 5.82 Å². The molecule has 0 aliphatic carbocycles. The molecule has 0 saturated carbocycles. The summed E-state index contributed by atoms with van der Waals surface area (Å²) in [5.41, 5.74) is 1.77. The highest BCUT2D eigenvalue weighted by Crippen LogP contribution is 2.46. The Hall–Kier alpha value is -2.65. The van der Waals surface area contributed by atoms with Crippen molar-refractivity contribution in [3.05, 3.63) is 51.8 Å². The van der Waals surface area contributed by atoms with Crippen molar-refractivity contribution in [2.75, 3.05) is 25.3 Å². The summed E-state index contributed by atoms with van der Waals surface area (Å²) in [6.07, 6.45) is 1.79. The van der Waals surface area contributed by atoms with Gasteiger partial charge < -0.3 is 19.9 Å². The SMILES string of the molecule is COc1cc([C@@H]2SCC(=O)Nc3c2cnn3Cc2cccs2)cc(OC)c1O. The maximum atomic E-state index is 12.3. The molecule has 2 aromatic heterocycles. The number of nitrogens with one attached hydrogen (secondary N) is 1. The maximum Gasteiger partial charge on any atom is 0.235 e. The Morgan fingerprint density at radius 3 is 2.71 bits per heavy atom. The van der Waals surface area contributed by atoms with Crippen molar-refractivity contribution in [3.63, 3.8) is 0 Å². The minimum Gasteiger partial charge on any atom is -0.502 e. The molecule has 2 N–H and O–H groups in total. The number of rotatable bonds is 5. The number of anilines is 1. The number of thioether (sulfide) groups is 1. The average Bonchev–Trinajstić information content (AvgIpc) is 3.31. The third-order valence-corrected chi connectivity index (χ3v) is 6.63. The molecule has 1 aromatic carbocycles. The molecule has 0 unspecified atom stereocenters. The van der Waals surface area contributed by atoms with Gasteiger partial charge in [0.25, 0.3) is 0 Å². The van der Waals surface area contributed by atoms with Crippen molar-refractivity contribution in [1.29, 1.82) is 0 Å². The average molecular weight is 418 g/mol. The fourth-order valence-electron chi connectivity index (χ4n) is 3.16. The van der Waals surface area contributed by atoms with Crippen LogP contribution in [-0.4, -0.2) is 40.8 Å². The summed E-state index contributed by atoms with van der Waals surface area (Å²) < 4.78 is 12.4. The normalized spacial score (nSPS) is 16.2. The molecule has 7 nitrogen and oxygen atoms in total. The van der Waals surface area contributed by atoms with Crippen LogP contribution in [0.2, 0.25) is 0 Å². The number of phenolic OH excluding ortho intramolecular Hbond substituents is 1. The fourth-order valence-corrected chi connectivity index (χ4v) is 4.91. The van der Waals surface area contributed by atoms with E-state index in [1.807, 2.05) is 22.2 Å². The molecule has 4 rings (SSSR count). The van der Waals surface area contributed by atoms with Gasteiger partial charge in [-0.25, -0.2) is 4.68 Å². The second kappa shape index (κ2) is 7.76. The summed E-state index contributed by atoms with van der Waals surface area (Å²) in [6.45, 7) is 0.590. The third kappa shape index (κ3) is 3.43. The fraction of sp³-hybridized carbons (Fsp3) is 0.263. The minimum absolute atomic E-state index is 0.0461. The molecule has 1 amide bonds.